The fraction of sp³-hybridized carbons (Fsp3) is 0.778. The molecule has 0 bridgehead atoms. The minimum absolute atomic E-state index is 0. The number of ether oxygens (including phenoxy) is 1. The first-order valence-electron chi connectivity index (χ1n) is 10.2. The van der Waals surface area contributed by atoms with Gasteiger partial charge < -0.3 is 19.5 Å². The predicted molar refractivity (Wildman–Crippen MR) is 123 cm³/mol. The molecule has 2 unspecified atom stereocenters. The second-order valence-corrected chi connectivity index (χ2v) is 9.78. The van der Waals surface area contributed by atoms with Gasteiger partial charge in [0, 0.05) is 58.4 Å². The number of piperazine rings is 1. The fourth-order valence-corrected chi connectivity index (χ4v) is 5.74. The Labute approximate surface area is 195 Å². The molecule has 4 rings (SSSR count). The maximum Gasteiger partial charge on any atom is 0.220 e. The number of morpholine rings is 1. The van der Waals surface area contributed by atoms with E-state index < -0.39 is 10.0 Å². The highest BCUT2D eigenvalue weighted by atomic mass is 127. The number of hydrogen-bond donors (Lipinski definition) is 1. The number of nitrogens with one attached hydrogen (secondary N) is 1. The first-order chi connectivity index (χ1) is 14.0. The van der Waals surface area contributed by atoms with Crippen LogP contribution in [0.3, 0.4) is 0 Å². The Hall–Kier alpha value is -0.960. The van der Waals surface area contributed by atoms with Crippen LogP contribution in [0.25, 0.3) is 0 Å². The Balaban J connectivity index is 0.00000256. The first-order valence-corrected chi connectivity index (χ1v) is 11.8. The summed E-state index contributed by atoms with van der Waals surface area (Å²) in [7, 11) is -1.64. The van der Waals surface area contributed by atoms with Crippen molar-refractivity contribution in [3.8, 4) is 0 Å². The average molecular weight is 554 g/mol. The highest BCUT2D eigenvalue weighted by molar-refractivity contribution is 14.0. The van der Waals surface area contributed by atoms with Crippen LogP contribution in [-0.4, -0.2) is 105 Å². The Kier molecular flexibility index (Phi) is 8.35. The number of halogens is 1. The summed E-state index contributed by atoms with van der Waals surface area (Å²) in [6.07, 6.45) is 4.05. The van der Waals surface area contributed by atoms with Crippen LogP contribution < -0.4 is 5.32 Å². The van der Waals surface area contributed by atoms with Gasteiger partial charge in [0.1, 0.15) is 12.0 Å². The zero-order chi connectivity index (χ0) is 20.3. The standard InChI is InChI=1S/C18H30N6O4S.HI/c1-19-18(20-11-17-12-23-5-2-3-16(23)13-27-17)22-6-8-24(9-7-22)29(25,26)14-15-4-10-28-21-15;/h4,10,16-17H,2-3,5-9,11-14H2,1H3,(H,19,20);1H. The molecule has 12 heteroatoms. The lowest BCUT2D eigenvalue weighted by molar-refractivity contribution is -0.0455. The molecule has 0 aromatic carbocycles. The second-order valence-electron chi connectivity index (χ2n) is 7.81. The van der Waals surface area contributed by atoms with Crippen LogP contribution in [0.15, 0.2) is 21.8 Å². The van der Waals surface area contributed by atoms with Gasteiger partial charge in [-0.2, -0.15) is 4.31 Å². The molecule has 0 spiro atoms. The van der Waals surface area contributed by atoms with Gasteiger partial charge in [0.15, 0.2) is 5.96 Å². The largest absolute Gasteiger partial charge is 0.373 e. The van der Waals surface area contributed by atoms with Gasteiger partial charge in [0.25, 0.3) is 0 Å². The number of guanidine groups is 1. The highest BCUT2D eigenvalue weighted by Crippen LogP contribution is 2.22. The Morgan fingerprint density at radius 2 is 2.10 bits per heavy atom. The van der Waals surface area contributed by atoms with Crippen molar-refractivity contribution in [3.05, 3.63) is 18.0 Å². The lowest BCUT2D eigenvalue weighted by atomic mass is 10.2. The third-order valence-corrected chi connectivity index (χ3v) is 7.73. The third kappa shape index (κ3) is 5.64. The third-order valence-electron chi connectivity index (χ3n) is 5.91. The molecule has 1 aromatic heterocycles. The SMILES string of the molecule is CN=C(NCC1CN2CCCC2CO1)N1CCN(S(=O)(=O)Cc2ccon2)CC1.I. The summed E-state index contributed by atoms with van der Waals surface area (Å²) < 4.78 is 37.4. The van der Waals surface area contributed by atoms with Crippen molar-refractivity contribution in [2.75, 3.05) is 59.5 Å². The van der Waals surface area contributed by atoms with Crippen LogP contribution in [0, 0.1) is 0 Å². The molecule has 3 fully saturated rings. The summed E-state index contributed by atoms with van der Waals surface area (Å²) in [6, 6.07) is 2.18. The molecule has 3 aliphatic rings. The van der Waals surface area contributed by atoms with E-state index in [-0.39, 0.29) is 35.8 Å². The van der Waals surface area contributed by atoms with Crippen LogP contribution in [0.5, 0.6) is 0 Å². The number of aromatic nitrogens is 1. The van der Waals surface area contributed by atoms with Gasteiger partial charge in [0.2, 0.25) is 10.0 Å². The smallest absolute Gasteiger partial charge is 0.220 e. The fourth-order valence-electron chi connectivity index (χ4n) is 4.31. The number of hydrogen-bond acceptors (Lipinski definition) is 7. The molecule has 0 aliphatic carbocycles. The summed E-state index contributed by atoms with van der Waals surface area (Å²) in [6.45, 7) is 5.70. The van der Waals surface area contributed by atoms with Crippen molar-refractivity contribution >= 4 is 40.0 Å². The van der Waals surface area contributed by atoms with Gasteiger partial charge in [-0.25, -0.2) is 8.42 Å². The summed E-state index contributed by atoms with van der Waals surface area (Å²) in [4.78, 5) is 9.01. The van der Waals surface area contributed by atoms with Gasteiger partial charge in [0.05, 0.1) is 18.4 Å². The molecule has 0 saturated carbocycles. The van der Waals surface area contributed by atoms with Crippen molar-refractivity contribution in [2.45, 2.75) is 30.7 Å². The summed E-state index contributed by atoms with van der Waals surface area (Å²) in [5.41, 5.74) is 0.428. The van der Waals surface area contributed by atoms with Crippen LogP contribution in [0.1, 0.15) is 18.5 Å². The van der Waals surface area contributed by atoms with Gasteiger partial charge in [-0.15, -0.1) is 24.0 Å². The first kappa shape index (κ1) is 23.7. The summed E-state index contributed by atoms with van der Waals surface area (Å²) in [5.74, 6) is 0.665. The van der Waals surface area contributed by atoms with Crippen LogP contribution >= 0.6 is 24.0 Å². The van der Waals surface area contributed by atoms with Crippen LogP contribution in [0.2, 0.25) is 0 Å². The molecule has 4 heterocycles. The minimum atomic E-state index is -3.40. The Bertz CT molecular complexity index is 798. The number of rotatable bonds is 5. The molecular weight excluding hydrogens is 523 g/mol. The van der Waals surface area contributed by atoms with E-state index in [2.05, 4.69) is 25.3 Å². The van der Waals surface area contributed by atoms with Gasteiger partial charge in [-0.1, -0.05) is 5.16 Å². The van der Waals surface area contributed by atoms with Crippen molar-refractivity contribution < 1.29 is 17.7 Å². The van der Waals surface area contributed by atoms with E-state index in [0.717, 1.165) is 19.1 Å². The van der Waals surface area contributed by atoms with Crippen molar-refractivity contribution in [1.82, 2.24) is 24.6 Å². The monoisotopic (exact) mass is 554 g/mol. The van der Waals surface area contributed by atoms with Crippen LogP contribution in [-0.2, 0) is 20.5 Å². The Morgan fingerprint density at radius 3 is 2.80 bits per heavy atom. The molecule has 30 heavy (non-hydrogen) atoms. The molecular formula is C18H31IN6O4S. The molecule has 1 N–H and O–H groups in total. The summed E-state index contributed by atoms with van der Waals surface area (Å²) in [5, 5.41) is 7.12. The van der Waals surface area contributed by atoms with Crippen molar-refractivity contribution in [2.24, 2.45) is 4.99 Å². The molecule has 2 atom stereocenters. The van der Waals surface area contributed by atoms with E-state index in [1.807, 2.05) is 0 Å². The zero-order valence-electron chi connectivity index (χ0n) is 17.3. The van der Waals surface area contributed by atoms with Gasteiger partial charge in [-0.3, -0.25) is 9.89 Å². The number of aliphatic imine (C=N–C) groups is 1. The lowest BCUT2D eigenvalue weighted by Crippen LogP contribution is -2.56. The topological polar surface area (TPSA) is 104 Å². The normalized spacial score (nSPS) is 26.3. The van der Waals surface area contributed by atoms with Crippen molar-refractivity contribution in [1.29, 1.82) is 0 Å². The molecule has 0 amide bonds. The molecule has 1 aromatic rings. The average Bonchev–Trinajstić information content (AvgIpc) is 3.40. The molecule has 3 saturated heterocycles. The maximum absolute atomic E-state index is 12.6. The maximum atomic E-state index is 12.6. The van der Waals surface area contributed by atoms with E-state index in [9.17, 15) is 8.42 Å². The second kappa shape index (κ2) is 10.6. The highest BCUT2D eigenvalue weighted by Gasteiger charge is 2.33. The quantitative estimate of drug-likeness (QED) is 0.313. The molecule has 170 valence electrons. The summed E-state index contributed by atoms with van der Waals surface area (Å²) >= 11 is 0. The van der Waals surface area contributed by atoms with E-state index >= 15 is 0 Å². The lowest BCUT2D eigenvalue weighted by Gasteiger charge is -2.38. The van der Waals surface area contributed by atoms with Crippen molar-refractivity contribution in [3.63, 3.8) is 0 Å². The number of nitrogens with zero attached hydrogens (tertiary/aromatic N) is 5. The number of sulfonamides is 1. The molecule has 3 aliphatic heterocycles. The van der Waals surface area contributed by atoms with Gasteiger partial charge in [-0.05, 0) is 19.4 Å². The molecule has 0 radical (unpaired) electrons. The van der Waals surface area contributed by atoms with E-state index in [1.165, 1.54) is 30.0 Å². The van der Waals surface area contributed by atoms with Gasteiger partial charge >= 0.3 is 0 Å². The Morgan fingerprint density at radius 1 is 1.30 bits per heavy atom. The molecule has 10 nitrogen and oxygen atoms in total. The van der Waals surface area contributed by atoms with Crippen LogP contribution in [0.4, 0.5) is 0 Å². The zero-order valence-corrected chi connectivity index (χ0v) is 20.4. The van der Waals surface area contributed by atoms with E-state index in [1.54, 1.807) is 13.1 Å². The van der Waals surface area contributed by atoms with E-state index in [4.69, 9.17) is 9.26 Å². The van der Waals surface area contributed by atoms with E-state index in [0.29, 0.717) is 44.5 Å². The predicted octanol–water partition coefficient (Wildman–Crippen LogP) is 0.179. The number of fused-ring (bicyclic) bond motifs is 1. The minimum Gasteiger partial charge on any atom is -0.373 e.